The molecule has 1 spiro atoms. The number of hydrogen-bond donors (Lipinski definition) is 0. The molecule has 2 heterocycles. The Hall–Kier alpha value is -2.61. The molecule has 1 atom stereocenters. The van der Waals surface area contributed by atoms with Crippen molar-refractivity contribution in [1.82, 2.24) is 14.7 Å². The predicted molar refractivity (Wildman–Crippen MR) is 111 cm³/mol. The molecule has 2 fully saturated rings. The molecule has 0 radical (unpaired) electrons. The van der Waals surface area contributed by atoms with E-state index in [2.05, 4.69) is 4.90 Å². The number of hydrogen-bond acceptors (Lipinski definition) is 6. The topological polar surface area (TPSA) is 79.4 Å². The molecular weight excluding hydrogens is 386 g/mol. The number of carbonyl (C=O) groups is 3. The van der Waals surface area contributed by atoms with Gasteiger partial charge in [-0.1, -0.05) is 30.3 Å². The van der Waals surface area contributed by atoms with Crippen molar-refractivity contribution in [2.24, 2.45) is 0 Å². The Morgan fingerprint density at radius 2 is 1.83 bits per heavy atom. The summed E-state index contributed by atoms with van der Waals surface area (Å²) in [6, 6.07) is 9.60. The van der Waals surface area contributed by atoms with Crippen molar-refractivity contribution in [1.29, 1.82) is 0 Å². The standard InChI is InChI=1S/C22H31N3O5/c1-3-29-20(27)15-24-12-11-22(10-9-19(24)26)17-25(14-13-23(22)2)21(28)30-16-18-7-5-4-6-8-18/h4-8H,3,9-17H2,1-2H3/t22-/m0/s1. The first kappa shape index (κ1) is 22.1. The van der Waals surface area contributed by atoms with Gasteiger partial charge in [-0.15, -0.1) is 0 Å². The van der Waals surface area contributed by atoms with Crippen LogP contribution >= 0.6 is 0 Å². The van der Waals surface area contributed by atoms with Crippen LogP contribution in [0.4, 0.5) is 4.79 Å². The van der Waals surface area contributed by atoms with E-state index >= 15 is 0 Å². The van der Waals surface area contributed by atoms with E-state index in [1.807, 2.05) is 37.4 Å². The summed E-state index contributed by atoms with van der Waals surface area (Å²) >= 11 is 0. The van der Waals surface area contributed by atoms with Gasteiger partial charge in [-0.05, 0) is 32.4 Å². The Labute approximate surface area is 177 Å². The molecule has 3 rings (SSSR count). The minimum atomic E-state index is -0.384. The largest absolute Gasteiger partial charge is 0.465 e. The summed E-state index contributed by atoms with van der Waals surface area (Å²) in [6.45, 7) is 4.55. The molecule has 1 aromatic carbocycles. The molecule has 8 heteroatoms. The SMILES string of the molecule is CCOC(=O)CN1CC[C@@]2(CCC1=O)CN(C(=O)OCc1ccccc1)CCN2C. The number of benzene rings is 1. The first-order valence-corrected chi connectivity index (χ1v) is 10.5. The number of esters is 1. The molecule has 0 aliphatic carbocycles. The summed E-state index contributed by atoms with van der Waals surface area (Å²) in [5.74, 6) is -0.429. The van der Waals surface area contributed by atoms with Gasteiger partial charge in [-0.25, -0.2) is 4.79 Å². The second-order valence-electron chi connectivity index (χ2n) is 7.98. The van der Waals surface area contributed by atoms with Crippen LogP contribution in [0.1, 0.15) is 31.7 Å². The summed E-state index contributed by atoms with van der Waals surface area (Å²) in [4.78, 5) is 42.6. The maximum absolute atomic E-state index is 12.7. The highest BCUT2D eigenvalue weighted by molar-refractivity contribution is 5.82. The zero-order valence-corrected chi connectivity index (χ0v) is 17.8. The highest BCUT2D eigenvalue weighted by Crippen LogP contribution is 2.32. The highest BCUT2D eigenvalue weighted by Gasteiger charge is 2.44. The predicted octanol–water partition coefficient (Wildman–Crippen LogP) is 1.88. The van der Waals surface area contributed by atoms with Crippen molar-refractivity contribution < 1.29 is 23.9 Å². The van der Waals surface area contributed by atoms with Crippen molar-refractivity contribution in [3.8, 4) is 0 Å². The number of rotatable bonds is 5. The second-order valence-corrected chi connectivity index (χ2v) is 7.98. The maximum Gasteiger partial charge on any atom is 0.410 e. The summed E-state index contributed by atoms with van der Waals surface area (Å²) in [5.41, 5.74) is 0.646. The van der Waals surface area contributed by atoms with Gasteiger partial charge in [0.2, 0.25) is 5.91 Å². The number of likely N-dealkylation sites (N-methyl/N-ethyl adjacent to an activating group) is 1. The van der Waals surface area contributed by atoms with E-state index in [9.17, 15) is 14.4 Å². The van der Waals surface area contributed by atoms with Crippen molar-refractivity contribution in [2.45, 2.75) is 38.3 Å². The normalized spacial score (nSPS) is 22.7. The number of nitrogens with zero attached hydrogens (tertiary/aromatic N) is 3. The zero-order chi connectivity index (χ0) is 21.6. The number of ether oxygens (including phenoxy) is 2. The number of amides is 2. The van der Waals surface area contributed by atoms with E-state index in [-0.39, 0.29) is 36.7 Å². The lowest BCUT2D eigenvalue weighted by atomic mass is 9.86. The van der Waals surface area contributed by atoms with E-state index in [0.29, 0.717) is 52.0 Å². The van der Waals surface area contributed by atoms with Crippen LogP contribution in [0.2, 0.25) is 0 Å². The monoisotopic (exact) mass is 417 g/mol. The highest BCUT2D eigenvalue weighted by atomic mass is 16.6. The third-order valence-corrected chi connectivity index (χ3v) is 6.09. The van der Waals surface area contributed by atoms with E-state index in [4.69, 9.17) is 9.47 Å². The smallest absolute Gasteiger partial charge is 0.410 e. The van der Waals surface area contributed by atoms with Gasteiger partial charge in [0.05, 0.1) is 6.61 Å². The molecule has 1 aromatic rings. The molecule has 2 saturated heterocycles. The molecule has 30 heavy (non-hydrogen) atoms. The molecule has 0 N–H and O–H groups in total. The van der Waals surface area contributed by atoms with E-state index in [1.54, 1.807) is 16.7 Å². The van der Waals surface area contributed by atoms with Gasteiger partial charge in [0.25, 0.3) is 0 Å². The van der Waals surface area contributed by atoms with Crippen LogP contribution < -0.4 is 0 Å². The summed E-state index contributed by atoms with van der Waals surface area (Å²) in [5, 5.41) is 0. The fraction of sp³-hybridized carbons (Fsp3) is 0.591. The molecule has 0 aromatic heterocycles. The number of piperazine rings is 1. The zero-order valence-electron chi connectivity index (χ0n) is 17.8. The average molecular weight is 418 g/mol. The molecule has 0 bridgehead atoms. The maximum atomic E-state index is 12.7. The minimum Gasteiger partial charge on any atom is -0.465 e. The minimum absolute atomic E-state index is 0.0186. The first-order chi connectivity index (χ1) is 14.4. The lowest BCUT2D eigenvalue weighted by Crippen LogP contribution is -2.62. The van der Waals surface area contributed by atoms with Crippen LogP contribution in [0.5, 0.6) is 0 Å². The van der Waals surface area contributed by atoms with E-state index in [1.165, 1.54) is 0 Å². The summed E-state index contributed by atoms with van der Waals surface area (Å²) in [7, 11) is 2.04. The fourth-order valence-corrected chi connectivity index (χ4v) is 4.19. The van der Waals surface area contributed by atoms with Crippen molar-refractivity contribution in [2.75, 3.05) is 46.4 Å². The molecule has 0 saturated carbocycles. The van der Waals surface area contributed by atoms with Crippen molar-refractivity contribution in [3.63, 3.8) is 0 Å². The van der Waals surface area contributed by atoms with Gasteiger partial charge in [-0.2, -0.15) is 0 Å². The Kier molecular flexibility index (Phi) is 7.31. The molecule has 2 aliphatic rings. The van der Waals surface area contributed by atoms with Crippen LogP contribution in [0.15, 0.2) is 30.3 Å². The van der Waals surface area contributed by atoms with Gasteiger partial charge < -0.3 is 19.3 Å². The van der Waals surface area contributed by atoms with Crippen LogP contribution in [-0.2, 0) is 25.7 Å². The van der Waals surface area contributed by atoms with Gasteiger partial charge >= 0.3 is 12.1 Å². The molecule has 2 amide bonds. The number of carbonyl (C=O) groups excluding carboxylic acids is 3. The van der Waals surface area contributed by atoms with Gasteiger partial charge in [0.15, 0.2) is 0 Å². The third-order valence-electron chi connectivity index (χ3n) is 6.09. The first-order valence-electron chi connectivity index (χ1n) is 10.5. The molecule has 2 aliphatic heterocycles. The van der Waals surface area contributed by atoms with Crippen molar-refractivity contribution in [3.05, 3.63) is 35.9 Å². The van der Waals surface area contributed by atoms with Gasteiger partial charge in [-0.3, -0.25) is 14.5 Å². The van der Waals surface area contributed by atoms with Crippen molar-refractivity contribution >= 4 is 18.0 Å². The van der Waals surface area contributed by atoms with E-state index in [0.717, 1.165) is 5.56 Å². The summed E-state index contributed by atoms with van der Waals surface area (Å²) in [6.07, 6.45) is 1.35. The third kappa shape index (κ3) is 5.30. The molecule has 8 nitrogen and oxygen atoms in total. The van der Waals surface area contributed by atoms with Crippen LogP contribution in [0.3, 0.4) is 0 Å². The van der Waals surface area contributed by atoms with Crippen LogP contribution in [0.25, 0.3) is 0 Å². The Morgan fingerprint density at radius 3 is 2.57 bits per heavy atom. The Bertz CT molecular complexity index is 756. The van der Waals surface area contributed by atoms with Crippen LogP contribution in [0, 0.1) is 0 Å². The molecule has 0 unspecified atom stereocenters. The lowest BCUT2D eigenvalue weighted by molar-refractivity contribution is -0.148. The van der Waals surface area contributed by atoms with Gasteiger partial charge in [0, 0.05) is 38.1 Å². The molecule has 164 valence electrons. The van der Waals surface area contributed by atoms with E-state index < -0.39 is 0 Å². The summed E-state index contributed by atoms with van der Waals surface area (Å²) < 4.78 is 10.5. The average Bonchev–Trinajstić information content (AvgIpc) is 2.90. The van der Waals surface area contributed by atoms with Gasteiger partial charge in [0.1, 0.15) is 13.2 Å². The quantitative estimate of drug-likeness (QED) is 0.681. The van der Waals surface area contributed by atoms with Crippen LogP contribution in [-0.4, -0.2) is 84.6 Å². The fourth-order valence-electron chi connectivity index (χ4n) is 4.19. The number of likely N-dealkylation sites (tertiary alicyclic amines) is 1. The second kappa shape index (κ2) is 9.93. The Balaban J connectivity index is 1.61. The lowest BCUT2D eigenvalue weighted by Gasteiger charge is -2.48. The molecular formula is C22H31N3O5. The Morgan fingerprint density at radius 1 is 1.07 bits per heavy atom.